The van der Waals surface area contributed by atoms with Gasteiger partial charge in [-0.2, -0.15) is 0 Å². The lowest BCUT2D eigenvalue weighted by atomic mass is 10.1. The summed E-state index contributed by atoms with van der Waals surface area (Å²) in [4.78, 5) is 13.7. The molecule has 3 aromatic rings. The maximum absolute atomic E-state index is 12.2. The van der Waals surface area contributed by atoms with Crippen LogP contribution in [-0.2, 0) is 16.4 Å². The quantitative estimate of drug-likeness (QED) is 0.737. The van der Waals surface area contributed by atoms with E-state index in [2.05, 4.69) is 9.71 Å². The van der Waals surface area contributed by atoms with Crippen molar-refractivity contribution in [1.82, 2.24) is 9.71 Å². The molecule has 0 unspecified atom stereocenters. The minimum atomic E-state index is -3.66. The van der Waals surface area contributed by atoms with Crippen LogP contribution in [0.3, 0.4) is 0 Å². The van der Waals surface area contributed by atoms with Crippen molar-refractivity contribution >= 4 is 32.7 Å². The van der Waals surface area contributed by atoms with Crippen molar-refractivity contribution in [2.45, 2.75) is 11.3 Å². The van der Waals surface area contributed by atoms with Crippen molar-refractivity contribution in [3.63, 3.8) is 0 Å². The average Bonchev–Trinajstić information content (AvgIpc) is 2.86. The van der Waals surface area contributed by atoms with E-state index in [1.807, 2.05) is 0 Å². The third kappa shape index (κ3) is 3.47. The second-order valence-corrected chi connectivity index (χ2v) is 7.07. The summed E-state index contributed by atoms with van der Waals surface area (Å²) in [6.07, 6.45) is 0.465. The number of aromatic nitrogens is 1. The van der Waals surface area contributed by atoms with Gasteiger partial charge in [0, 0.05) is 6.54 Å². The van der Waals surface area contributed by atoms with Crippen LogP contribution in [0.25, 0.3) is 11.1 Å². The fraction of sp³-hybridized carbons (Fsp3) is 0.133. The van der Waals surface area contributed by atoms with E-state index in [0.29, 0.717) is 17.5 Å². The van der Waals surface area contributed by atoms with Gasteiger partial charge in [0.15, 0.2) is 5.58 Å². The number of fused-ring (bicyclic) bond motifs is 1. The maximum Gasteiger partial charge on any atom is 0.417 e. The summed E-state index contributed by atoms with van der Waals surface area (Å²) in [7, 11) is -3.66. The molecular formula is C15H13ClN2O4S. The van der Waals surface area contributed by atoms with Crippen LogP contribution >= 0.6 is 11.6 Å². The highest BCUT2D eigenvalue weighted by molar-refractivity contribution is 7.89. The lowest BCUT2D eigenvalue weighted by Gasteiger charge is -2.08. The first-order valence-corrected chi connectivity index (χ1v) is 8.68. The topological polar surface area (TPSA) is 92.2 Å². The number of rotatable bonds is 5. The fourth-order valence-corrected chi connectivity index (χ4v) is 3.77. The Morgan fingerprint density at radius 3 is 2.74 bits per heavy atom. The summed E-state index contributed by atoms with van der Waals surface area (Å²) in [5.41, 5.74) is 1.92. The van der Waals surface area contributed by atoms with E-state index in [0.717, 1.165) is 5.56 Å². The van der Waals surface area contributed by atoms with E-state index in [4.69, 9.17) is 16.0 Å². The molecule has 3 rings (SSSR count). The Balaban J connectivity index is 1.70. The van der Waals surface area contributed by atoms with Crippen molar-refractivity contribution in [1.29, 1.82) is 0 Å². The van der Waals surface area contributed by atoms with Gasteiger partial charge in [-0.05, 0) is 36.2 Å². The van der Waals surface area contributed by atoms with Gasteiger partial charge in [-0.25, -0.2) is 17.9 Å². The fourth-order valence-electron chi connectivity index (χ4n) is 2.22. The van der Waals surface area contributed by atoms with Gasteiger partial charge < -0.3 is 4.42 Å². The lowest BCUT2D eigenvalue weighted by Crippen LogP contribution is -2.26. The smallest absolute Gasteiger partial charge is 0.408 e. The molecule has 0 amide bonds. The second kappa shape index (κ2) is 6.19. The summed E-state index contributed by atoms with van der Waals surface area (Å²) in [5.74, 6) is -0.517. The number of hydrogen-bond donors (Lipinski definition) is 2. The van der Waals surface area contributed by atoms with Gasteiger partial charge in [-0.3, -0.25) is 4.98 Å². The maximum atomic E-state index is 12.2. The predicted octanol–water partition coefficient (Wildman–Crippen LogP) is 2.30. The first-order valence-electron chi connectivity index (χ1n) is 6.82. The van der Waals surface area contributed by atoms with Gasteiger partial charge in [0.1, 0.15) is 4.90 Å². The van der Waals surface area contributed by atoms with Gasteiger partial charge in [0.2, 0.25) is 10.0 Å². The molecule has 8 heteroatoms. The van der Waals surface area contributed by atoms with Crippen LogP contribution in [0.1, 0.15) is 5.56 Å². The molecule has 0 aliphatic carbocycles. The van der Waals surface area contributed by atoms with E-state index in [9.17, 15) is 13.2 Å². The molecule has 2 N–H and O–H groups in total. The standard InChI is InChI=1S/C15H13ClN2O4S/c16-11-3-1-2-4-14(11)23(20,21)17-8-7-10-5-6-13-12(9-10)18-15(19)22-13/h1-6,9,17H,7-8H2,(H,18,19). The molecular weight excluding hydrogens is 340 g/mol. The van der Waals surface area contributed by atoms with Gasteiger partial charge in [-0.15, -0.1) is 0 Å². The normalized spacial score (nSPS) is 11.9. The zero-order valence-corrected chi connectivity index (χ0v) is 13.4. The Hall–Kier alpha value is -2.09. The van der Waals surface area contributed by atoms with Crippen molar-refractivity contribution in [2.24, 2.45) is 0 Å². The van der Waals surface area contributed by atoms with E-state index < -0.39 is 15.8 Å². The van der Waals surface area contributed by atoms with Crippen LogP contribution < -0.4 is 10.5 Å². The highest BCUT2D eigenvalue weighted by atomic mass is 35.5. The van der Waals surface area contributed by atoms with Crippen LogP contribution in [0, 0.1) is 0 Å². The number of nitrogens with one attached hydrogen (secondary N) is 2. The third-order valence-corrected chi connectivity index (χ3v) is 5.28. The summed E-state index contributed by atoms with van der Waals surface area (Å²) in [6.45, 7) is 0.209. The Morgan fingerprint density at radius 2 is 1.96 bits per heavy atom. The van der Waals surface area contributed by atoms with Crippen molar-refractivity contribution in [3.8, 4) is 0 Å². The molecule has 0 saturated carbocycles. The highest BCUT2D eigenvalue weighted by Gasteiger charge is 2.16. The van der Waals surface area contributed by atoms with Crippen molar-refractivity contribution < 1.29 is 12.8 Å². The molecule has 2 aromatic carbocycles. The van der Waals surface area contributed by atoms with Gasteiger partial charge in [-0.1, -0.05) is 29.8 Å². The number of benzene rings is 2. The van der Waals surface area contributed by atoms with E-state index >= 15 is 0 Å². The van der Waals surface area contributed by atoms with Crippen molar-refractivity contribution in [3.05, 3.63) is 63.6 Å². The average molecular weight is 353 g/mol. The summed E-state index contributed by atoms with van der Waals surface area (Å²) in [6, 6.07) is 11.5. The summed E-state index contributed by atoms with van der Waals surface area (Å²) >= 11 is 5.91. The monoisotopic (exact) mass is 352 g/mol. The molecule has 0 spiro atoms. The first kappa shape index (κ1) is 15.8. The minimum Gasteiger partial charge on any atom is -0.408 e. The molecule has 1 aromatic heterocycles. The number of H-pyrrole nitrogens is 1. The molecule has 6 nitrogen and oxygen atoms in total. The van der Waals surface area contributed by atoms with Crippen LogP contribution in [0.4, 0.5) is 0 Å². The summed E-state index contributed by atoms with van der Waals surface area (Å²) < 4.78 is 31.8. The second-order valence-electron chi connectivity index (χ2n) is 4.92. The lowest BCUT2D eigenvalue weighted by molar-refractivity contribution is 0.555. The molecule has 0 fully saturated rings. The zero-order valence-electron chi connectivity index (χ0n) is 11.9. The molecule has 0 aliphatic heterocycles. The Bertz CT molecular complexity index is 1010. The van der Waals surface area contributed by atoms with Gasteiger partial charge in [0.05, 0.1) is 10.5 Å². The molecule has 0 bridgehead atoms. The number of oxazole rings is 1. The number of aromatic amines is 1. The molecule has 0 aliphatic rings. The van der Waals surface area contributed by atoms with Crippen LogP contribution in [0.5, 0.6) is 0 Å². The van der Waals surface area contributed by atoms with Crippen LogP contribution in [0.2, 0.25) is 5.02 Å². The SMILES string of the molecule is O=c1[nH]c2cc(CCNS(=O)(=O)c3ccccc3Cl)ccc2o1. The molecule has 0 radical (unpaired) electrons. The van der Waals surface area contributed by atoms with E-state index in [1.165, 1.54) is 12.1 Å². The zero-order chi connectivity index (χ0) is 16.4. The first-order chi connectivity index (χ1) is 11.0. The van der Waals surface area contributed by atoms with Crippen molar-refractivity contribution in [2.75, 3.05) is 6.54 Å². The molecule has 23 heavy (non-hydrogen) atoms. The summed E-state index contributed by atoms with van der Waals surface area (Å²) in [5, 5.41) is 0.178. The van der Waals surface area contributed by atoms with Crippen LogP contribution in [-0.4, -0.2) is 19.9 Å². The molecule has 120 valence electrons. The predicted molar refractivity (Wildman–Crippen MR) is 87.2 cm³/mol. The Morgan fingerprint density at radius 1 is 1.17 bits per heavy atom. The number of halogens is 1. The Labute approximate surface area is 137 Å². The molecule has 0 atom stereocenters. The van der Waals surface area contributed by atoms with Gasteiger partial charge in [0.25, 0.3) is 0 Å². The molecule has 1 heterocycles. The Kier molecular flexibility index (Phi) is 4.25. The van der Waals surface area contributed by atoms with E-state index in [1.54, 1.807) is 30.3 Å². The number of sulfonamides is 1. The van der Waals surface area contributed by atoms with Gasteiger partial charge >= 0.3 is 5.76 Å². The highest BCUT2D eigenvalue weighted by Crippen LogP contribution is 2.20. The third-order valence-electron chi connectivity index (χ3n) is 3.32. The van der Waals surface area contributed by atoms with E-state index in [-0.39, 0.29) is 16.5 Å². The largest absolute Gasteiger partial charge is 0.417 e. The van der Waals surface area contributed by atoms with Crippen LogP contribution in [0.15, 0.2) is 56.6 Å². The molecule has 0 saturated heterocycles. The minimum absolute atomic E-state index is 0.0521. The number of hydrogen-bond acceptors (Lipinski definition) is 4.